The summed E-state index contributed by atoms with van der Waals surface area (Å²) in [6, 6.07) is 4.80. The third-order valence-corrected chi connectivity index (χ3v) is 3.86. The van der Waals surface area contributed by atoms with Crippen LogP contribution in [0.4, 0.5) is 0 Å². The summed E-state index contributed by atoms with van der Waals surface area (Å²) in [5.41, 5.74) is 2.48. The first-order valence-electron chi connectivity index (χ1n) is 6.22. The van der Waals surface area contributed by atoms with Crippen LogP contribution in [0.3, 0.4) is 0 Å². The molecule has 3 unspecified atom stereocenters. The monoisotopic (exact) mass is 218 g/mol. The van der Waals surface area contributed by atoms with E-state index in [-0.39, 0.29) is 5.56 Å². The van der Waals surface area contributed by atoms with Crippen LogP contribution in [0, 0.1) is 5.92 Å². The molecule has 3 rings (SSSR count). The minimum Gasteiger partial charge on any atom is -0.326 e. The molecule has 1 fully saturated rings. The van der Waals surface area contributed by atoms with Gasteiger partial charge in [-0.25, -0.2) is 0 Å². The molecule has 0 aliphatic heterocycles. The van der Waals surface area contributed by atoms with Crippen LogP contribution in [0.1, 0.15) is 43.5 Å². The number of hydrogen-bond donors (Lipinski definition) is 2. The molecule has 16 heavy (non-hydrogen) atoms. The first-order valence-corrected chi connectivity index (χ1v) is 6.22. The van der Waals surface area contributed by atoms with E-state index in [1.807, 2.05) is 6.07 Å². The van der Waals surface area contributed by atoms with Gasteiger partial charge in [-0.05, 0) is 37.2 Å². The predicted molar refractivity (Wildman–Crippen MR) is 63.4 cm³/mol. The Morgan fingerprint density at radius 3 is 3.00 bits per heavy atom. The molecule has 1 aromatic rings. The number of nitrogens with one attached hydrogen (secondary N) is 2. The van der Waals surface area contributed by atoms with Gasteiger partial charge in [0.2, 0.25) is 5.56 Å². The summed E-state index contributed by atoms with van der Waals surface area (Å²) in [4.78, 5) is 14.2. The molecule has 2 N–H and O–H groups in total. The van der Waals surface area contributed by atoms with Crippen LogP contribution in [0.2, 0.25) is 0 Å². The molecule has 3 heteroatoms. The summed E-state index contributed by atoms with van der Waals surface area (Å²) in [5.74, 6) is 0.827. The second-order valence-corrected chi connectivity index (χ2v) is 5.19. The Morgan fingerprint density at radius 1 is 1.44 bits per heavy atom. The van der Waals surface area contributed by atoms with E-state index in [9.17, 15) is 4.79 Å². The fourth-order valence-electron chi connectivity index (χ4n) is 2.69. The number of aryl methyl sites for hydroxylation is 1. The van der Waals surface area contributed by atoms with Gasteiger partial charge in [-0.3, -0.25) is 4.79 Å². The normalized spacial score (nSPS) is 32.2. The predicted octanol–water partition coefficient (Wildman–Crippen LogP) is 1.75. The molecule has 0 amide bonds. The van der Waals surface area contributed by atoms with E-state index in [2.05, 4.69) is 17.2 Å². The fourth-order valence-corrected chi connectivity index (χ4v) is 2.69. The number of H-pyrrole nitrogens is 1. The number of rotatable bonds is 2. The number of pyridine rings is 1. The summed E-state index contributed by atoms with van der Waals surface area (Å²) in [6.07, 6.45) is 4.69. The van der Waals surface area contributed by atoms with Crippen molar-refractivity contribution in [3.63, 3.8) is 0 Å². The summed E-state index contributed by atoms with van der Waals surface area (Å²) < 4.78 is 0. The van der Waals surface area contributed by atoms with E-state index < -0.39 is 0 Å². The van der Waals surface area contributed by atoms with Crippen LogP contribution >= 0.6 is 0 Å². The molecule has 1 heterocycles. The van der Waals surface area contributed by atoms with Crippen LogP contribution in [-0.4, -0.2) is 11.0 Å². The minimum absolute atomic E-state index is 0.0270. The molecule has 2 aliphatic carbocycles. The number of aromatic amines is 1. The second-order valence-electron chi connectivity index (χ2n) is 5.19. The maximum absolute atomic E-state index is 11.3. The Balaban J connectivity index is 1.85. The molecule has 3 nitrogen and oxygen atoms in total. The molecular weight excluding hydrogens is 200 g/mol. The third-order valence-electron chi connectivity index (χ3n) is 3.86. The quantitative estimate of drug-likeness (QED) is 0.794. The Kier molecular flexibility index (Phi) is 2.36. The largest absolute Gasteiger partial charge is 0.326 e. The first-order chi connectivity index (χ1) is 7.74. The zero-order chi connectivity index (χ0) is 11.1. The molecule has 0 spiro atoms. The molecule has 2 aliphatic rings. The highest BCUT2D eigenvalue weighted by molar-refractivity contribution is 5.26. The van der Waals surface area contributed by atoms with E-state index in [0.717, 1.165) is 18.0 Å². The molecule has 0 aromatic carbocycles. The van der Waals surface area contributed by atoms with Gasteiger partial charge in [-0.1, -0.05) is 13.0 Å². The highest BCUT2D eigenvalue weighted by Gasteiger charge is 2.35. The summed E-state index contributed by atoms with van der Waals surface area (Å²) >= 11 is 0. The van der Waals surface area contributed by atoms with Gasteiger partial charge in [-0.15, -0.1) is 0 Å². The van der Waals surface area contributed by atoms with Crippen LogP contribution < -0.4 is 10.9 Å². The van der Waals surface area contributed by atoms with E-state index in [1.165, 1.54) is 24.8 Å². The van der Waals surface area contributed by atoms with Crippen molar-refractivity contribution in [3.8, 4) is 0 Å². The smallest absolute Gasteiger partial charge is 0.248 e. The van der Waals surface area contributed by atoms with Crippen molar-refractivity contribution >= 4 is 0 Å². The maximum Gasteiger partial charge on any atom is 0.248 e. The highest BCUT2D eigenvalue weighted by Crippen LogP contribution is 2.35. The second kappa shape index (κ2) is 3.74. The van der Waals surface area contributed by atoms with Gasteiger partial charge in [0.15, 0.2) is 0 Å². The summed E-state index contributed by atoms with van der Waals surface area (Å²) in [6.45, 7) is 2.29. The van der Waals surface area contributed by atoms with Crippen LogP contribution in [0.5, 0.6) is 0 Å². The average Bonchev–Trinajstić information content (AvgIpc) is 2.94. The minimum atomic E-state index is 0.0270. The van der Waals surface area contributed by atoms with Gasteiger partial charge in [0.1, 0.15) is 0 Å². The number of hydrogen-bond acceptors (Lipinski definition) is 2. The van der Waals surface area contributed by atoms with Crippen molar-refractivity contribution in [2.24, 2.45) is 5.92 Å². The molecule has 1 saturated carbocycles. The van der Waals surface area contributed by atoms with Gasteiger partial charge in [-0.2, -0.15) is 0 Å². The van der Waals surface area contributed by atoms with E-state index in [0.29, 0.717) is 12.1 Å². The molecule has 1 aromatic heterocycles. The lowest BCUT2D eigenvalue weighted by Crippen LogP contribution is -2.29. The van der Waals surface area contributed by atoms with Gasteiger partial charge >= 0.3 is 0 Å². The van der Waals surface area contributed by atoms with E-state index in [4.69, 9.17) is 0 Å². The Bertz CT molecular complexity index is 451. The topological polar surface area (TPSA) is 44.9 Å². The third kappa shape index (κ3) is 1.80. The standard InChI is InChI=1S/C13H18N2O/c1-8-7-12(8)14-10-3-2-4-11-9(10)5-6-13(16)15-11/h5-6,8,10,12,14H,2-4,7H2,1H3,(H,15,16). The first kappa shape index (κ1) is 10.1. The van der Waals surface area contributed by atoms with Crippen molar-refractivity contribution in [3.05, 3.63) is 33.7 Å². The Hall–Kier alpha value is -1.09. The van der Waals surface area contributed by atoms with Crippen molar-refractivity contribution in [1.82, 2.24) is 10.3 Å². The van der Waals surface area contributed by atoms with Crippen molar-refractivity contribution in [2.75, 3.05) is 0 Å². The number of aromatic nitrogens is 1. The van der Waals surface area contributed by atoms with Crippen molar-refractivity contribution in [2.45, 2.75) is 44.7 Å². The van der Waals surface area contributed by atoms with Gasteiger partial charge in [0.25, 0.3) is 0 Å². The molecule has 0 bridgehead atoms. The van der Waals surface area contributed by atoms with Gasteiger partial charge < -0.3 is 10.3 Å². The highest BCUT2D eigenvalue weighted by atomic mass is 16.1. The fraction of sp³-hybridized carbons (Fsp3) is 0.615. The molecule has 0 radical (unpaired) electrons. The van der Waals surface area contributed by atoms with Gasteiger partial charge in [0, 0.05) is 23.8 Å². The SMILES string of the molecule is CC1CC1NC1CCCc2[nH]c(=O)ccc21. The van der Waals surface area contributed by atoms with Crippen LogP contribution in [-0.2, 0) is 6.42 Å². The van der Waals surface area contributed by atoms with Crippen LogP contribution in [0.25, 0.3) is 0 Å². The zero-order valence-corrected chi connectivity index (χ0v) is 9.62. The molecule has 0 saturated heterocycles. The van der Waals surface area contributed by atoms with Gasteiger partial charge in [0.05, 0.1) is 0 Å². The lowest BCUT2D eigenvalue weighted by atomic mass is 9.91. The lowest BCUT2D eigenvalue weighted by Gasteiger charge is -2.26. The van der Waals surface area contributed by atoms with Crippen molar-refractivity contribution < 1.29 is 0 Å². The average molecular weight is 218 g/mol. The summed E-state index contributed by atoms with van der Waals surface area (Å²) in [5, 5.41) is 3.70. The van der Waals surface area contributed by atoms with Crippen LogP contribution in [0.15, 0.2) is 16.9 Å². The maximum atomic E-state index is 11.3. The van der Waals surface area contributed by atoms with E-state index in [1.54, 1.807) is 6.07 Å². The molecule has 86 valence electrons. The lowest BCUT2D eigenvalue weighted by molar-refractivity contribution is 0.444. The Labute approximate surface area is 95.3 Å². The Morgan fingerprint density at radius 2 is 2.25 bits per heavy atom. The van der Waals surface area contributed by atoms with E-state index >= 15 is 0 Å². The number of fused-ring (bicyclic) bond motifs is 1. The molecule has 3 atom stereocenters. The summed E-state index contributed by atoms with van der Waals surface area (Å²) in [7, 11) is 0. The van der Waals surface area contributed by atoms with Crippen molar-refractivity contribution in [1.29, 1.82) is 0 Å². The molecular formula is C13H18N2O. The zero-order valence-electron chi connectivity index (χ0n) is 9.62.